The van der Waals surface area contributed by atoms with Crippen LogP contribution in [0, 0.1) is 5.92 Å². The Morgan fingerprint density at radius 1 is 1.06 bits per heavy atom. The molecule has 34 heavy (non-hydrogen) atoms. The Morgan fingerprint density at radius 3 is 2.56 bits per heavy atom. The fourth-order valence-electron chi connectivity index (χ4n) is 6.29. The second-order valence-corrected chi connectivity index (χ2v) is 10.5. The molecule has 0 bridgehead atoms. The Bertz CT molecular complexity index is 1100. The molecule has 1 atom stereocenters. The molecule has 1 aliphatic heterocycles. The number of likely N-dealkylation sites (tertiary alicyclic amines) is 1. The number of aromatic nitrogens is 1. The Hall–Kier alpha value is -2.79. The highest BCUT2D eigenvalue weighted by Gasteiger charge is 2.38. The molecule has 180 valence electrons. The molecule has 1 aromatic heterocycles. The first-order valence-electron chi connectivity index (χ1n) is 12.9. The van der Waals surface area contributed by atoms with Crippen LogP contribution in [0.5, 0.6) is 0 Å². The fourth-order valence-corrected chi connectivity index (χ4v) is 6.29. The number of nitrogens with zero attached hydrogens (tertiary/aromatic N) is 2. The van der Waals surface area contributed by atoms with E-state index < -0.39 is 0 Å². The molecule has 3 aromatic rings. The Morgan fingerprint density at radius 2 is 1.79 bits per heavy atom. The number of carbonyl (C=O) groups is 1. The number of H-pyrrole nitrogens is 1. The quantitative estimate of drug-likeness (QED) is 0.515. The average molecular weight is 459 g/mol. The zero-order chi connectivity index (χ0) is 23.5. The number of benzene rings is 2. The van der Waals surface area contributed by atoms with E-state index in [2.05, 4.69) is 90.1 Å². The summed E-state index contributed by atoms with van der Waals surface area (Å²) >= 11 is 0. The smallest absolute Gasteiger partial charge is 0.317 e. The van der Waals surface area contributed by atoms with Crippen molar-refractivity contribution >= 4 is 16.9 Å². The molecule has 5 rings (SSSR count). The van der Waals surface area contributed by atoms with Crippen LogP contribution in [0.4, 0.5) is 4.79 Å². The van der Waals surface area contributed by atoms with Crippen molar-refractivity contribution in [2.24, 2.45) is 5.92 Å². The molecule has 0 spiro atoms. The molecule has 5 heteroatoms. The van der Waals surface area contributed by atoms with E-state index in [9.17, 15) is 4.79 Å². The van der Waals surface area contributed by atoms with Crippen molar-refractivity contribution in [3.05, 3.63) is 71.9 Å². The first kappa shape index (κ1) is 23.0. The third-order valence-electron chi connectivity index (χ3n) is 8.41. The van der Waals surface area contributed by atoms with Gasteiger partial charge >= 0.3 is 6.03 Å². The van der Waals surface area contributed by atoms with Crippen LogP contribution in [0.15, 0.2) is 60.8 Å². The number of nitrogens with one attached hydrogen (secondary N) is 2. The molecule has 1 unspecified atom stereocenters. The Labute approximate surface area is 203 Å². The number of amides is 2. The minimum Gasteiger partial charge on any atom is -0.361 e. The van der Waals surface area contributed by atoms with Gasteiger partial charge in [-0.3, -0.25) is 4.90 Å². The van der Waals surface area contributed by atoms with Gasteiger partial charge in [-0.2, -0.15) is 0 Å². The number of hydrogen-bond donors (Lipinski definition) is 2. The van der Waals surface area contributed by atoms with Gasteiger partial charge in [0.1, 0.15) is 0 Å². The van der Waals surface area contributed by atoms with E-state index in [0.29, 0.717) is 11.8 Å². The number of para-hydroxylation sites is 1. The normalized spacial score (nSPS) is 25.6. The van der Waals surface area contributed by atoms with Gasteiger partial charge in [0.25, 0.3) is 0 Å². The van der Waals surface area contributed by atoms with Crippen LogP contribution < -0.4 is 5.32 Å². The summed E-state index contributed by atoms with van der Waals surface area (Å²) in [6, 6.07) is 19.5. The van der Waals surface area contributed by atoms with E-state index in [1.807, 2.05) is 4.90 Å². The van der Waals surface area contributed by atoms with E-state index >= 15 is 0 Å². The molecule has 2 amide bonds. The van der Waals surface area contributed by atoms with Gasteiger partial charge in [-0.05, 0) is 75.7 Å². The summed E-state index contributed by atoms with van der Waals surface area (Å²) < 4.78 is 0. The van der Waals surface area contributed by atoms with Gasteiger partial charge in [0.05, 0.1) is 0 Å². The Kier molecular flexibility index (Phi) is 6.64. The topological polar surface area (TPSA) is 51.4 Å². The molecule has 2 heterocycles. The maximum Gasteiger partial charge on any atom is 0.317 e. The molecule has 2 aromatic carbocycles. The third kappa shape index (κ3) is 4.46. The zero-order valence-electron chi connectivity index (χ0n) is 20.6. The van der Waals surface area contributed by atoms with Crippen LogP contribution in [0.25, 0.3) is 10.9 Å². The van der Waals surface area contributed by atoms with Crippen molar-refractivity contribution in [3.63, 3.8) is 0 Å². The molecular formula is C29H38N4O. The third-order valence-corrected chi connectivity index (χ3v) is 8.41. The standard InChI is InChI=1S/C29H38N4O/c1-32(2)29(24-10-4-3-5-11-24)16-14-22(15-17-29)19-31-28(34)33-18-8-9-23(21-33)26-20-30-27-13-7-6-12-25(26)27/h3-7,10-13,20,22-23,30H,8-9,14-19,21H2,1-2H3,(H,31,34). The highest BCUT2D eigenvalue weighted by Crippen LogP contribution is 2.42. The molecule has 2 aliphatic rings. The lowest BCUT2D eigenvalue weighted by atomic mass is 9.72. The summed E-state index contributed by atoms with van der Waals surface area (Å²) in [5.41, 5.74) is 4.06. The molecule has 1 saturated heterocycles. The number of hydrogen-bond acceptors (Lipinski definition) is 2. The summed E-state index contributed by atoms with van der Waals surface area (Å²) in [4.78, 5) is 20.9. The lowest BCUT2D eigenvalue weighted by molar-refractivity contribution is 0.0769. The number of carbonyl (C=O) groups excluding carboxylic acids is 1. The largest absolute Gasteiger partial charge is 0.361 e. The molecule has 1 saturated carbocycles. The lowest BCUT2D eigenvalue weighted by Crippen LogP contribution is -2.48. The summed E-state index contributed by atoms with van der Waals surface area (Å²) in [5, 5.41) is 4.58. The summed E-state index contributed by atoms with van der Waals surface area (Å²) in [6.07, 6.45) is 8.90. The van der Waals surface area contributed by atoms with Gasteiger partial charge in [0.2, 0.25) is 0 Å². The molecule has 5 nitrogen and oxygen atoms in total. The predicted octanol–water partition coefficient (Wildman–Crippen LogP) is 5.70. The van der Waals surface area contributed by atoms with Crippen molar-refractivity contribution in [1.82, 2.24) is 20.1 Å². The first-order chi connectivity index (χ1) is 16.6. The second-order valence-electron chi connectivity index (χ2n) is 10.5. The van der Waals surface area contributed by atoms with E-state index in [0.717, 1.165) is 58.2 Å². The molecule has 0 radical (unpaired) electrons. The highest BCUT2D eigenvalue weighted by atomic mass is 16.2. The van der Waals surface area contributed by atoms with Crippen molar-refractivity contribution in [3.8, 4) is 0 Å². The lowest BCUT2D eigenvalue weighted by Gasteiger charge is -2.45. The van der Waals surface area contributed by atoms with Crippen LogP contribution in [-0.4, -0.2) is 54.5 Å². The van der Waals surface area contributed by atoms with Gasteiger partial charge < -0.3 is 15.2 Å². The van der Waals surface area contributed by atoms with Crippen LogP contribution in [-0.2, 0) is 5.54 Å². The van der Waals surface area contributed by atoms with Crippen LogP contribution >= 0.6 is 0 Å². The Balaban J connectivity index is 1.16. The number of fused-ring (bicyclic) bond motifs is 1. The van der Waals surface area contributed by atoms with E-state index in [1.54, 1.807) is 0 Å². The van der Waals surface area contributed by atoms with Crippen molar-refractivity contribution < 1.29 is 4.79 Å². The maximum atomic E-state index is 13.1. The number of urea groups is 1. The van der Waals surface area contributed by atoms with Crippen molar-refractivity contribution in [2.75, 3.05) is 33.7 Å². The maximum absolute atomic E-state index is 13.1. The summed E-state index contributed by atoms with van der Waals surface area (Å²) in [6.45, 7) is 2.44. The number of piperidine rings is 1. The monoisotopic (exact) mass is 458 g/mol. The molecule has 1 aliphatic carbocycles. The average Bonchev–Trinajstić information content (AvgIpc) is 3.32. The van der Waals surface area contributed by atoms with Crippen molar-refractivity contribution in [2.45, 2.75) is 50.0 Å². The van der Waals surface area contributed by atoms with E-state index in [1.165, 1.54) is 22.0 Å². The van der Waals surface area contributed by atoms with Crippen LogP contribution in [0.1, 0.15) is 55.6 Å². The molecule has 2 N–H and O–H groups in total. The number of aromatic amines is 1. The van der Waals surface area contributed by atoms with E-state index in [4.69, 9.17) is 0 Å². The second kappa shape index (κ2) is 9.83. The van der Waals surface area contributed by atoms with Gasteiger partial charge in [-0.15, -0.1) is 0 Å². The minimum atomic E-state index is 0.108. The predicted molar refractivity (Wildman–Crippen MR) is 139 cm³/mol. The SMILES string of the molecule is CN(C)C1(c2ccccc2)CCC(CNC(=O)N2CCCC(c3c[nH]c4ccccc34)C2)CC1. The summed E-state index contributed by atoms with van der Waals surface area (Å²) in [7, 11) is 4.41. The minimum absolute atomic E-state index is 0.108. The van der Waals surface area contributed by atoms with Crippen LogP contribution in [0.3, 0.4) is 0 Å². The molecular weight excluding hydrogens is 420 g/mol. The van der Waals surface area contributed by atoms with Gasteiger partial charge in [-0.25, -0.2) is 4.79 Å². The van der Waals surface area contributed by atoms with Gasteiger partial charge in [0, 0.05) is 48.2 Å². The first-order valence-corrected chi connectivity index (χ1v) is 12.9. The van der Waals surface area contributed by atoms with Crippen molar-refractivity contribution in [1.29, 1.82) is 0 Å². The van der Waals surface area contributed by atoms with Gasteiger partial charge in [-0.1, -0.05) is 48.5 Å². The van der Waals surface area contributed by atoms with Gasteiger partial charge in [0.15, 0.2) is 0 Å². The summed E-state index contributed by atoms with van der Waals surface area (Å²) in [5.74, 6) is 0.951. The van der Waals surface area contributed by atoms with Crippen LogP contribution in [0.2, 0.25) is 0 Å². The number of rotatable bonds is 5. The fraction of sp³-hybridized carbons (Fsp3) is 0.483. The highest BCUT2D eigenvalue weighted by molar-refractivity contribution is 5.84. The zero-order valence-corrected chi connectivity index (χ0v) is 20.6. The molecule has 2 fully saturated rings. The van der Waals surface area contributed by atoms with E-state index in [-0.39, 0.29) is 11.6 Å².